The highest BCUT2D eigenvalue weighted by molar-refractivity contribution is 5.72. The molecule has 1 aliphatic rings. The molecule has 20 heavy (non-hydrogen) atoms. The molecule has 0 bridgehead atoms. The van der Waals surface area contributed by atoms with Crippen molar-refractivity contribution in [1.82, 2.24) is 0 Å². The van der Waals surface area contributed by atoms with Gasteiger partial charge in [-0.05, 0) is 25.0 Å². The molecule has 1 aromatic carbocycles. The van der Waals surface area contributed by atoms with Crippen LogP contribution in [-0.4, -0.2) is 36.9 Å². The fourth-order valence-corrected chi connectivity index (χ4v) is 2.23. The summed E-state index contributed by atoms with van der Waals surface area (Å²) in [6.45, 7) is 0.443. The number of nitrogens with zero attached hydrogens (tertiary/aromatic N) is 1. The van der Waals surface area contributed by atoms with Crippen LogP contribution in [0.1, 0.15) is 18.4 Å². The molecule has 2 rings (SSSR count). The minimum Gasteiger partial charge on any atom is -0.495 e. The summed E-state index contributed by atoms with van der Waals surface area (Å²) in [4.78, 5) is 10.8. The smallest absolute Gasteiger partial charge is 0.332 e. The van der Waals surface area contributed by atoms with Gasteiger partial charge in [-0.25, -0.2) is 4.79 Å². The molecule has 0 spiro atoms. The van der Waals surface area contributed by atoms with E-state index in [1.165, 1.54) is 7.11 Å². The molecule has 106 valence electrons. The Morgan fingerprint density at radius 2 is 2.40 bits per heavy atom. The molecule has 2 N–H and O–H groups in total. The summed E-state index contributed by atoms with van der Waals surface area (Å²) in [5, 5.41) is 21.1. The highest BCUT2D eigenvalue weighted by Gasteiger charge is 2.30. The van der Waals surface area contributed by atoms with Gasteiger partial charge in [0.25, 0.3) is 0 Å². The molecule has 0 saturated carbocycles. The van der Waals surface area contributed by atoms with E-state index in [4.69, 9.17) is 19.8 Å². The predicted octanol–water partition coefficient (Wildman–Crippen LogP) is 1.61. The first-order chi connectivity index (χ1) is 9.65. The highest BCUT2D eigenvalue weighted by atomic mass is 16.5. The average Bonchev–Trinajstić information content (AvgIpc) is 2.93. The monoisotopic (exact) mass is 276 g/mol. The lowest BCUT2D eigenvalue weighted by Crippen LogP contribution is -2.24. The first-order valence-electron chi connectivity index (χ1n) is 6.35. The predicted molar refractivity (Wildman–Crippen MR) is 71.7 cm³/mol. The molecular formula is C14H16N2O4. The topological polar surface area (TPSA) is 91.6 Å². The van der Waals surface area contributed by atoms with Gasteiger partial charge in [-0.3, -0.25) is 0 Å². The number of carbonyl (C=O) groups is 1. The maximum Gasteiger partial charge on any atom is 0.332 e. The van der Waals surface area contributed by atoms with Gasteiger partial charge < -0.3 is 19.9 Å². The molecule has 2 unspecified atom stereocenters. The molecule has 1 aromatic rings. The molecule has 1 heterocycles. The summed E-state index contributed by atoms with van der Waals surface area (Å²) in [5.74, 6) is -0.348. The maximum atomic E-state index is 10.8. The number of rotatable bonds is 5. The number of methoxy groups -OCH3 is 1. The highest BCUT2D eigenvalue weighted by Crippen LogP contribution is 2.29. The second-order valence-electron chi connectivity index (χ2n) is 4.54. The Morgan fingerprint density at radius 3 is 3.00 bits per heavy atom. The summed E-state index contributed by atoms with van der Waals surface area (Å²) in [7, 11) is 1.54. The van der Waals surface area contributed by atoms with E-state index in [0.717, 1.165) is 0 Å². The van der Waals surface area contributed by atoms with Crippen LogP contribution in [0.5, 0.6) is 5.75 Å². The van der Waals surface area contributed by atoms with Crippen LogP contribution < -0.4 is 10.1 Å². The third-order valence-electron chi connectivity index (χ3n) is 3.26. The quantitative estimate of drug-likeness (QED) is 0.849. The summed E-state index contributed by atoms with van der Waals surface area (Å²) >= 11 is 0. The van der Waals surface area contributed by atoms with Crippen molar-refractivity contribution in [3.8, 4) is 11.8 Å². The molecular weight excluding hydrogens is 260 g/mol. The van der Waals surface area contributed by atoms with Crippen LogP contribution >= 0.6 is 0 Å². The van der Waals surface area contributed by atoms with Gasteiger partial charge in [0, 0.05) is 6.54 Å². The van der Waals surface area contributed by atoms with E-state index in [1.54, 1.807) is 18.2 Å². The lowest BCUT2D eigenvalue weighted by Gasteiger charge is -2.16. The molecule has 1 aliphatic heterocycles. The molecule has 1 saturated heterocycles. The number of benzene rings is 1. The zero-order chi connectivity index (χ0) is 14.5. The zero-order valence-electron chi connectivity index (χ0n) is 11.1. The van der Waals surface area contributed by atoms with Gasteiger partial charge in [0.2, 0.25) is 0 Å². The molecule has 0 amide bonds. The number of nitrogens with one attached hydrogen (secondary N) is 1. The molecule has 1 fully saturated rings. The normalized spacial score (nSPS) is 21.2. The van der Waals surface area contributed by atoms with E-state index in [9.17, 15) is 4.79 Å². The Kier molecular flexibility index (Phi) is 4.43. The van der Waals surface area contributed by atoms with Crippen LogP contribution in [0.3, 0.4) is 0 Å². The van der Waals surface area contributed by atoms with Crippen molar-refractivity contribution in [3.05, 3.63) is 23.8 Å². The van der Waals surface area contributed by atoms with E-state index in [2.05, 4.69) is 11.4 Å². The van der Waals surface area contributed by atoms with Gasteiger partial charge in [0.05, 0.1) is 24.5 Å². The molecule has 0 aliphatic carbocycles. The van der Waals surface area contributed by atoms with Crippen LogP contribution in [0.2, 0.25) is 0 Å². The second-order valence-corrected chi connectivity index (χ2v) is 4.54. The van der Waals surface area contributed by atoms with Crippen molar-refractivity contribution in [2.24, 2.45) is 0 Å². The summed E-state index contributed by atoms with van der Waals surface area (Å²) in [6, 6.07) is 7.30. The number of para-hydroxylation sites is 1. The minimum atomic E-state index is -0.928. The molecule has 2 atom stereocenters. The summed E-state index contributed by atoms with van der Waals surface area (Å²) in [6.07, 6.45) is 0.294. The van der Waals surface area contributed by atoms with Gasteiger partial charge >= 0.3 is 5.97 Å². The summed E-state index contributed by atoms with van der Waals surface area (Å²) in [5.41, 5.74) is 1.09. The number of aliphatic carboxylic acids is 1. The van der Waals surface area contributed by atoms with Gasteiger partial charge in [-0.2, -0.15) is 5.26 Å². The van der Waals surface area contributed by atoms with Crippen molar-refractivity contribution < 1.29 is 19.4 Å². The van der Waals surface area contributed by atoms with E-state index in [1.807, 2.05) is 0 Å². The van der Waals surface area contributed by atoms with Crippen LogP contribution in [0.4, 0.5) is 5.69 Å². The molecule has 0 aromatic heterocycles. The average molecular weight is 276 g/mol. The number of nitriles is 1. The number of hydrogen-bond donors (Lipinski definition) is 2. The Balaban J connectivity index is 2.01. The van der Waals surface area contributed by atoms with Crippen molar-refractivity contribution in [3.63, 3.8) is 0 Å². The van der Waals surface area contributed by atoms with Crippen LogP contribution in [0.25, 0.3) is 0 Å². The molecule has 6 nitrogen and oxygen atoms in total. The zero-order valence-corrected chi connectivity index (χ0v) is 11.1. The van der Waals surface area contributed by atoms with Gasteiger partial charge in [0.1, 0.15) is 11.8 Å². The maximum absolute atomic E-state index is 10.8. The third-order valence-corrected chi connectivity index (χ3v) is 3.26. The van der Waals surface area contributed by atoms with Crippen molar-refractivity contribution in [2.45, 2.75) is 25.0 Å². The lowest BCUT2D eigenvalue weighted by atomic mass is 10.1. The molecule has 0 radical (unpaired) electrons. The first-order valence-corrected chi connectivity index (χ1v) is 6.35. The standard InChI is InChI=1S/C14H16N2O4/c1-19-11-4-2-3-9(7-15)13(11)16-8-10-5-6-12(20-10)14(17)18/h2-4,10,12,16H,5-6,8H2,1H3,(H,17,18). The number of anilines is 1. The fourth-order valence-electron chi connectivity index (χ4n) is 2.23. The van der Waals surface area contributed by atoms with Crippen molar-refractivity contribution >= 4 is 11.7 Å². The van der Waals surface area contributed by atoms with Crippen LogP contribution in [0.15, 0.2) is 18.2 Å². The summed E-state index contributed by atoms with van der Waals surface area (Å²) < 4.78 is 10.6. The van der Waals surface area contributed by atoms with Gasteiger partial charge in [0.15, 0.2) is 6.10 Å². The number of ether oxygens (including phenoxy) is 2. The Hall–Kier alpha value is -2.26. The number of hydrogen-bond acceptors (Lipinski definition) is 5. The Labute approximate surface area is 116 Å². The lowest BCUT2D eigenvalue weighted by molar-refractivity contribution is -0.149. The number of carboxylic acid groups (broad SMARTS) is 1. The first kappa shape index (κ1) is 14.2. The Morgan fingerprint density at radius 1 is 1.60 bits per heavy atom. The SMILES string of the molecule is COc1cccc(C#N)c1NCC1CCC(C(=O)O)O1. The van der Waals surface area contributed by atoms with Crippen molar-refractivity contribution in [2.75, 3.05) is 19.0 Å². The number of carboxylic acids is 1. The van der Waals surface area contributed by atoms with Gasteiger partial charge in [-0.1, -0.05) is 6.07 Å². The van der Waals surface area contributed by atoms with Crippen LogP contribution in [0, 0.1) is 11.3 Å². The minimum absolute atomic E-state index is 0.174. The largest absolute Gasteiger partial charge is 0.495 e. The third kappa shape index (κ3) is 3.00. The molecule has 6 heteroatoms. The van der Waals surface area contributed by atoms with E-state index in [-0.39, 0.29) is 6.10 Å². The van der Waals surface area contributed by atoms with Crippen LogP contribution in [-0.2, 0) is 9.53 Å². The Bertz CT molecular complexity index is 538. The van der Waals surface area contributed by atoms with E-state index < -0.39 is 12.1 Å². The van der Waals surface area contributed by atoms with E-state index >= 15 is 0 Å². The van der Waals surface area contributed by atoms with Crippen molar-refractivity contribution in [1.29, 1.82) is 5.26 Å². The second kappa shape index (κ2) is 6.26. The van der Waals surface area contributed by atoms with Gasteiger partial charge in [-0.15, -0.1) is 0 Å². The van der Waals surface area contributed by atoms with E-state index in [0.29, 0.717) is 36.4 Å². The fraction of sp³-hybridized carbons (Fsp3) is 0.429.